The van der Waals surface area contributed by atoms with Crippen LogP contribution in [-0.4, -0.2) is 25.3 Å². The van der Waals surface area contributed by atoms with Crippen molar-refractivity contribution in [1.29, 1.82) is 0 Å². The van der Waals surface area contributed by atoms with Crippen LogP contribution >= 0.6 is 0 Å². The van der Waals surface area contributed by atoms with E-state index in [4.69, 9.17) is 4.74 Å². The van der Waals surface area contributed by atoms with Crippen molar-refractivity contribution in [3.63, 3.8) is 0 Å². The van der Waals surface area contributed by atoms with Crippen LogP contribution in [0.15, 0.2) is 0 Å². The molecule has 0 aromatic carbocycles. The normalized spacial score (nSPS) is 21.4. The molecule has 1 aliphatic heterocycles. The van der Waals surface area contributed by atoms with Crippen LogP contribution in [-0.2, 0) is 4.74 Å². The Morgan fingerprint density at radius 1 is 1.19 bits per heavy atom. The molecule has 0 bridgehead atoms. The summed E-state index contributed by atoms with van der Waals surface area (Å²) in [6, 6.07) is 0. The summed E-state index contributed by atoms with van der Waals surface area (Å²) in [6.45, 7) is 14.4. The first-order valence-corrected chi connectivity index (χ1v) is 6.66. The van der Waals surface area contributed by atoms with Gasteiger partial charge in [0.15, 0.2) is 0 Å². The van der Waals surface area contributed by atoms with E-state index in [0.29, 0.717) is 5.41 Å². The first-order chi connectivity index (χ1) is 7.33. The van der Waals surface area contributed by atoms with Gasteiger partial charge in [0.1, 0.15) is 0 Å². The Morgan fingerprint density at radius 3 is 2.19 bits per heavy atom. The van der Waals surface area contributed by atoms with Crippen LogP contribution in [0.1, 0.15) is 53.9 Å². The molecule has 1 saturated heterocycles. The molecule has 1 aliphatic rings. The van der Waals surface area contributed by atoms with E-state index in [9.17, 15) is 0 Å². The molecule has 0 spiro atoms. The monoisotopic (exact) mass is 227 g/mol. The lowest BCUT2D eigenvalue weighted by Crippen LogP contribution is -2.46. The summed E-state index contributed by atoms with van der Waals surface area (Å²) in [4.78, 5) is 0. The van der Waals surface area contributed by atoms with Gasteiger partial charge in [-0.05, 0) is 51.4 Å². The lowest BCUT2D eigenvalue weighted by Gasteiger charge is -2.40. The Balaban J connectivity index is 2.55. The average molecular weight is 227 g/mol. The first kappa shape index (κ1) is 14.0. The van der Waals surface area contributed by atoms with Crippen molar-refractivity contribution in [2.24, 2.45) is 11.3 Å². The Bertz CT molecular complexity index is 199. The number of hydrogen-bond donors (Lipinski definition) is 1. The maximum atomic E-state index is 5.51. The van der Waals surface area contributed by atoms with Gasteiger partial charge in [-0.25, -0.2) is 0 Å². The van der Waals surface area contributed by atoms with Crippen LogP contribution in [0.5, 0.6) is 0 Å². The number of ether oxygens (including phenoxy) is 1. The Kier molecular flexibility index (Phi) is 4.81. The predicted molar refractivity (Wildman–Crippen MR) is 69.7 cm³/mol. The van der Waals surface area contributed by atoms with Gasteiger partial charge in [0.2, 0.25) is 0 Å². The molecule has 0 saturated carbocycles. The minimum Gasteiger partial charge on any atom is -0.381 e. The van der Waals surface area contributed by atoms with Gasteiger partial charge in [0, 0.05) is 25.3 Å². The maximum absolute atomic E-state index is 5.51. The fraction of sp³-hybridized carbons (Fsp3) is 1.00. The number of nitrogens with one attached hydrogen (secondary N) is 1. The second kappa shape index (κ2) is 5.50. The molecule has 16 heavy (non-hydrogen) atoms. The fourth-order valence-corrected chi connectivity index (χ4v) is 2.58. The third-order valence-electron chi connectivity index (χ3n) is 3.39. The molecule has 1 rings (SSSR count). The van der Waals surface area contributed by atoms with Crippen molar-refractivity contribution in [1.82, 2.24) is 5.32 Å². The molecule has 0 radical (unpaired) electrons. The van der Waals surface area contributed by atoms with Crippen LogP contribution < -0.4 is 5.32 Å². The highest BCUT2D eigenvalue weighted by Crippen LogP contribution is 2.36. The van der Waals surface area contributed by atoms with E-state index < -0.39 is 0 Å². The van der Waals surface area contributed by atoms with Crippen molar-refractivity contribution in [3.05, 3.63) is 0 Å². The highest BCUT2D eigenvalue weighted by atomic mass is 16.5. The third-order valence-corrected chi connectivity index (χ3v) is 3.39. The van der Waals surface area contributed by atoms with Crippen molar-refractivity contribution in [2.75, 3.05) is 19.8 Å². The second-order valence-electron chi connectivity index (χ2n) is 6.81. The molecule has 0 aromatic heterocycles. The van der Waals surface area contributed by atoms with E-state index >= 15 is 0 Å². The molecule has 0 atom stereocenters. The van der Waals surface area contributed by atoms with Crippen LogP contribution in [0, 0.1) is 11.3 Å². The minimum atomic E-state index is 0.224. The average Bonchev–Trinajstić information content (AvgIpc) is 2.14. The van der Waals surface area contributed by atoms with E-state index in [0.717, 1.165) is 25.7 Å². The zero-order valence-corrected chi connectivity index (χ0v) is 11.7. The Hall–Kier alpha value is -0.0800. The zero-order chi connectivity index (χ0) is 12.2. The summed E-state index contributed by atoms with van der Waals surface area (Å²) in [5, 5.41) is 3.68. The van der Waals surface area contributed by atoms with Gasteiger partial charge in [-0.2, -0.15) is 0 Å². The summed E-state index contributed by atoms with van der Waals surface area (Å²) >= 11 is 0. The van der Waals surface area contributed by atoms with Crippen LogP contribution in [0.2, 0.25) is 0 Å². The molecule has 1 heterocycles. The van der Waals surface area contributed by atoms with E-state index in [1.54, 1.807) is 0 Å². The van der Waals surface area contributed by atoms with Gasteiger partial charge in [-0.3, -0.25) is 0 Å². The molecule has 0 unspecified atom stereocenters. The predicted octanol–water partition coefficient (Wildman–Crippen LogP) is 3.22. The molecule has 2 heteroatoms. The molecular formula is C14H29NO. The fourth-order valence-electron chi connectivity index (χ4n) is 2.58. The van der Waals surface area contributed by atoms with Crippen molar-refractivity contribution < 1.29 is 4.74 Å². The standard InChI is InChI=1S/C14H29NO/c1-12(2)10-14(6-8-16-9-7-14)11-15-13(3,4)5/h12,15H,6-11H2,1-5H3. The van der Waals surface area contributed by atoms with Crippen LogP contribution in [0.4, 0.5) is 0 Å². The van der Waals surface area contributed by atoms with Gasteiger partial charge >= 0.3 is 0 Å². The third kappa shape index (κ3) is 4.84. The van der Waals surface area contributed by atoms with E-state index in [1.165, 1.54) is 19.3 Å². The van der Waals surface area contributed by atoms with Gasteiger partial charge in [0.25, 0.3) is 0 Å². The molecule has 96 valence electrons. The Labute approximate surface area is 101 Å². The summed E-state index contributed by atoms with van der Waals surface area (Å²) in [7, 11) is 0. The summed E-state index contributed by atoms with van der Waals surface area (Å²) in [5.74, 6) is 0.778. The largest absolute Gasteiger partial charge is 0.381 e. The van der Waals surface area contributed by atoms with E-state index in [-0.39, 0.29) is 5.54 Å². The molecule has 1 N–H and O–H groups in total. The van der Waals surface area contributed by atoms with Crippen LogP contribution in [0.25, 0.3) is 0 Å². The second-order valence-corrected chi connectivity index (χ2v) is 6.81. The summed E-state index contributed by atoms with van der Waals surface area (Å²) in [5.41, 5.74) is 0.696. The quantitative estimate of drug-likeness (QED) is 0.796. The molecule has 0 aliphatic carbocycles. The van der Waals surface area contributed by atoms with Gasteiger partial charge in [-0.1, -0.05) is 13.8 Å². The SMILES string of the molecule is CC(C)CC1(CNC(C)(C)C)CCOCC1. The smallest absolute Gasteiger partial charge is 0.0471 e. The van der Waals surface area contributed by atoms with Gasteiger partial charge in [-0.15, -0.1) is 0 Å². The molecular weight excluding hydrogens is 198 g/mol. The highest BCUT2D eigenvalue weighted by molar-refractivity contribution is 4.87. The van der Waals surface area contributed by atoms with Crippen molar-refractivity contribution >= 4 is 0 Å². The van der Waals surface area contributed by atoms with Crippen molar-refractivity contribution in [2.45, 2.75) is 59.4 Å². The highest BCUT2D eigenvalue weighted by Gasteiger charge is 2.33. The van der Waals surface area contributed by atoms with Gasteiger partial charge < -0.3 is 10.1 Å². The minimum absolute atomic E-state index is 0.224. The van der Waals surface area contributed by atoms with E-state index in [2.05, 4.69) is 39.9 Å². The number of hydrogen-bond acceptors (Lipinski definition) is 2. The molecule has 2 nitrogen and oxygen atoms in total. The molecule has 0 amide bonds. The lowest BCUT2D eigenvalue weighted by atomic mass is 9.73. The summed E-state index contributed by atoms with van der Waals surface area (Å²) < 4.78 is 5.51. The van der Waals surface area contributed by atoms with Crippen LogP contribution in [0.3, 0.4) is 0 Å². The molecule has 0 aromatic rings. The van der Waals surface area contributed by atoms with E-state index in [1.807, 2.05) is 0 Å². The topological polar surface area (TPSA) is 21.3 Å². The maximum Gasteiger partial charge on any atom is 0.0471 e. The van der Waals surface area contributed by atoms with Gasteiger partial charge in [0.05, 0.1) is 0 Å². The number of rotatable bonds is 4. The Morgan fingerprint density at radius 2 is 1.75 bits per heavy atom. The first-order valence-electron chi connectivity index (χ1n) is 6.66. The summed E-state index contributed by atoms with van der Waals surface area (Å²) in [6.07, 6.45) is 3.75. The lowest BCUT2D eigenvalue weighted by molar-refractivity contribution is 0.00154. The molecule has 1 fully saturated rings. The zero-order valence-electron chi connectivity index (χ0n) is 11.7. The van der Waals surface area contributed by atoms with Crippen molar-refractivity contribution in [3.8, 4) is 0 Å².